The molecule has 2 saturated heterocycles. The number of ether oxygens (including phenoxy) is 1. The van der Waals surface area contributed by atoms with Gasteiger partial charge in [0.05, 0.1) is 10.6 Å². The molecule has 0 atom stereocenters. The van der Waals surface area contributed by atoms with Crippen molar-refractivity contribution in [3.8, 4) is 0 Å². The average Bonchev–Trinajstić information content (AvgIpc) is 2.91. The monoisotopic (exact) mass is 405 g/mol. The minimum Gasteiger partial charge on any atom is -0.444 e. The lowest BCUT2D eigenvalue weighted by Crippen LogP contribution is -2.46. The number of alkyl carbamates (subject to hydrolysis) is 1. The molecule has 0 bridgehead atoms. The summed E-state index contributed by atoms with van der Waals surface area (Å²) in [6.45, 7) is 6.87. The van der Waals surface area contributed by atoms with Crippen molar-refractivity contribution in [2.45, 2.75) is 45.3 Å². The second-order valence-electron chi connectivity index (χ2n) is 7.54. The van der Waals surface area contributed by atoms with Crippen LogP contribution in [-0.2, 0) is 9.53 Å². The van der Waals surface area contributed by atoms with E-state index in [1.807, 2.05) is 25.7 Å². The zero-order chi connectivity index (χ0) is 20.3. The number of piperidine rings is 1. The third-order valence-electron chi connectivity index (χ3n) is 4.08. The number of amides is 3. The van der Waals surface area contributed by atoms with Gasteiger partial charge in [-0.25, -0.2) is 14.8 Å². The maximum atomic E-state index is 11.9. The summed E-state index contributed by atoms with van der Waals surface area (Å²) >= 11 is 0.855. The van der Waals surface area contributed by atoms with Gasteiger partial charge in [0.2, 0.25) is 5.95 Å². The van der Waals surface area contributed by atoms with Crippen LogP contribution in [0.5, 0.6) is 0 Å². The van der Waals surface area contributed by atoms with E-state index in [0.717, 1.165) is 24.6 Å². The molecule has 3 rings (SSSR count). The lowest BCUT2D eigenvalue weighted by molar-refractivity contribution is -0.115. The van der Waals surface area contributed by atoms with Crippen LogP contribution in [0.1, 0.15) is 39.3 Å². The molecular weight excluding hydrogens is 382 g/mol. The number of hydrogen-bond acceptors (Lipinski definition) is 8. The van der Waals surface area contributed by atoms with Crippen molar-refractivity contribution >= 4 is 41.0 Å². The van der Waals surface area contributed by atoms with Crippen molar-refractivity contribution in [1.29, 1.82) is 0 Å². The van der Waals surface area contributed by atoms with E-state index in [4.69, 9.17) is 4.74 Å². The Hall–Kier alpha value is -2.62. The van der Waals surface area contributed by atoms with Gasteiger partial charge >= 0.3 is 6.09 Å². The Morgan fingerprint density at radius 2 is 2.07 bits per heavy atom. The Kier molecular flexibility index (Phi) is 5.87. The van der Waals surface area contributed by atoms with Gasteiger partial charge in [0, 0.05) is 25.3 Å². The first-order valence-electron chi connectivity index (χ1n) is 9.02. The molecule has 1 aromatic rings. The van der Waals surface area contributed by atoms with E-state index in [1.165, 1.54) is 0 Å². The van der Waals surface area contributed by atoms with Gasteiger partial charge in [-0.05, 0) is 57.5 Å². The van der Waals surface area contributed by atoms with Gasteiger partial charge in [-0.15, -0.1) is 0 Å². The van der Waals surface area contributed by atoms with Crippen LogP contribution < -0.4 is 15.5 Å². The van der Waals surface area contributed by atoms with Gasteiger partial charge in [0.15, 0.2) is 0 Å². The van der Waals surface area contributed by atoms with Crippen molar-refractivity contribution in [3.63, 3.8) is 0 Å². The highest BCUT2D eigenvalue weighted by Gasteiger charge is 2.26. The lowest BCUT2D eigenvalue weighted by atomic mass is 10.1. The molecule has 1 aromatic heterocycles. The maximum Gasteiger partial charge on any atom is 0.407 e. The predicted octanol–water partition coefficient (Wildman–Crippen LogP) is 2.29. The molecule has 9 nitrogen and oxygen atoms in total. The topological polar surface area (TPSA) is 114 Å². The van der Waals surface area contributed by atoms with E-state index < -0.39 is 17.6 Å². The number of nitrogens with zero attached hydrogens (tertiary/aromatic N) is 3. The summed E-state index contributed by atoms with van der Waals surface area (Å²) in [6, 6.07) is 1.73. The van der Waals surface area contributed by atoms with Gasteiger partial charge in [0.1, 0.15) is 5.60 Å². The van der Waals surface area contributed by atoms with Gasteiger partial charge < -0.3 is 15.0 Å². The van der Waals surface area contributed by atoms with Crippen LogP contribution in [0.4, 0.5) is 15.5 Å². The van der Waals surface area contributed by atoms with E-state index in [9.17, 15) is 14.4 Å². The first-order valence-corrected chi connectivity index (χ1v) is 9.83. The fourth-order valence-electron chi connectivity index (χ4n) is 2.85. The molecule has 0 saturated carbocycles. The molecule has 10 heteroatoms. The smallest absolute Gasteiger partial charge is 0.407 e. The molecule has 3 heterocycles. The summed E-state index contributed by atoms with van der Waals surface area (Å²) in [4.78, 5) is 46.0. The molecule has 2 aliphatic heterocycles. The zero-order valence-electron chi connectivity index (χ0n) is 16.0. The normalized spacial score (nSPS) is 19.7. The third kappa shape index (κ3) is 5.44. The van der Waals surface area contributed by atoms with Gasteiger partial charge in [-0.1, -0.05) is 0 Å². The molecule has 0 spiro atoms. The van der Waals surface area contributed by atoms with Crippen LogP contribution in [0.15, 0.2) is 17.2 Å². The fraction of sp³-hybridized carbons (Fsp3) is 0.500. The Morgan fingerprint density at radius 1 is 1.36 bits per heavy atom. The van der Waals surface area contributed by atoms with E-state index in [2.05, 4.69) is 20.6 Å². The van der Waals surface area contributed by atoms with E-state index in [-0.39, 0.29) is 11.3 Å². The van der Waals surface area contributed by atoms with Crippen LogP contribution in [0.25, 0.3) is 6.08 Å². The standard InChI is InChI=1S/C18H23N5O4S/c1-18(2,3)27-16(25)21-11-5-8-23(9-6-11)15-19-7-4-12(20-15)10-13-14(24)22-17(26)28-13/h4,7,10-11H,5-6,8-9H2,1-3H3,(H,21,25)(H,22,24,26)/b13-10-. The maximum absolute atomic E-state index is 11.9. The van der Waals surface area contributed by atoms with E-state index >= 15 is 0 Å². The van der Waals surface area contributed by atoms with E-state index in [1.54, 1.807) is 18.3 Å². The molecule has 28 heavy (non-hydrogen) atoms. The Balaban J connectivity index is 1.58. The first kappa shape index (κ1) is 20.1. The Labute approximate surface area is 167 Å². The van der Waals surface area contributed by atoms with Gasteiger partial charge in [0.25, 0.3) is 11.1 Å². The highest BCUT2D eigenvalue weighted by atomic mass is 32.2. The molecule has 0 aromatic carbocycles. The molecule has 2 N–H and O–H groups in total. The summed E-state index contributed by atoms with van der Waals surface area (Å²) in [6.07, 6.45) is 4.30. The molecule has 2 aliphatic rings. The second-order valence-corrected chi connectivity index (χ2v) is 8.56. The van der Waals surface area contributed by atoms with Crippen LogP contribution in [-0.4, -0.2) is 51.9 Å². The van der Waals surface area contributed by atoms with Gasteiger partial charge in [-0.2, -0.15) is 0 Å². The van der Waals surface area contributed by atoms with Gasteiger partial charge in [-0.3, -0.25) is 14.9 Å². The summed E-state index contributed by atoms with van der Waals surface area (Å²) in [5.74, 6) is 0.143. The molecule has 0 aliphatic carbocycles. The largest absolute Gasteiger partial charge is 0.444 e. The quantitative estimate of drug-likeness (QED) is 0.737. The second kappa shape index (κ2) is 8.17. The van der Waals surface area contributed by atoms with Crippen molar-refractivity contribution < 1.29 is 19.1 Å². The molecule has 0 radical (unpaired) electrons. The molecular formula is C18H23N5O4S. The highest BCUT2D eigenvalue weighted by molar-refractivity contribution is 8.18. The number of hydrogen-bond donors (Lipinski definition) is 2. The SMILES string of the molecule is CC(C)(C)OC(=O)NC1CCN(c2nccc(/C=C3\SC(=O)NC3=O)n2)CC1. The number of carbonyl (C=O) groups is 3. The van der Waals surface area contributed by atoms with Crippen LogP contribution in [0, 0.1) is 0 Å². The Morgan fingerprint density at radius 3 is 2.68 bits per heavy atom. The van der Waals surface area contributed by atoms with Crippen molar-refractivity contribution in [2.75, 3.05) is 18.0 Å². The molecule has 2 fully saturated rings. The number of aromatic nitrogens is 2. The van der Waals surface area contributed by atoms with Crippen molar-refractivity contribution in [3.05, 3.63) is 22.9 Å². The minimum absolute atomic E-state index is 0.0426. The van der Waals surface area contributed by atoms with Crippen LogP contribution in [0.2, 0.25) is 0 Å². The fourth-order valence-corrected chi connectivity index (χ4v) is 3.51. The number of nitrogens with one attached hydrogen (secondary N) is 2. The zero-order valence-corrected chi connectivity index (χ0v) is 16.8. The average molecular weight is 405 g/mol. The first-order chi connectivity index (χ1) is 13.2. The van der Waals surface area contributed by atoms with Crippen LogP contribution in [0.3, 0.4) is 0 Å². The Bertz CT molecular complexity index is 812. The summed E-state index contributed by atoms with van der Waals surface area (Å²) in [5.41, 5.74) is 0.0403. The third-order valence-corrected chi connectivity index (χ3v) is 4.89. The number of carbonyl (C=O) groups excluding carboxylic acids is 3. The summed E-state index contributed by atoms with van der Waals surface area (Å²) in [7, 11) is 0. The lowest BCUT2D eigenvalue weighted by Gasteiger charge is -2.32. The number of rotatable bonds is 3. The summed E-state index contributed by atoms with van der Waals surface area (Å²) in [5, 5.41) is 4.73. The highest BCUT2D eigenvalue weighted by Crippen LogP contribution is 2.25. The molecule has 3 amide bonds. The van der Waals surface area contributed by atoms with Crippen molar-refractivity contribution in [1.82, 2.24) is 20.6 Å². The van der Waals surface area contributed by atoms with Crippen LogP contribution >= 0.6 is 11.8 Å². The number of imide groups is 1. The molecule has 150 valence electrons. The van der Waals surface area contributed by atoms with Crippen molar-refractivity contribution in [2.24, 2.45) is 0 Å². The number of anilines is 1. The summed E-state index contributed by atoms with van der Waals surface area (Å²) < 4.78 is 5.29. The van der Waals surface area contributed by atoms with E-state index in [0.29, 0.717) is 29.6 Å². The molecule has 0 unspecified atom stereocenters. The minimum atomic E-state index is -0.521. The predicted molar refractivity (Wildman–Crippen MR) is 106 cm³/mol. The number of thioether (sulfide) groups is 1.